The highest BCUT2D eigenvalue weighted by molar-refractivity contribution is 9.09. The van der Waals surface area contributed by atoms with Crippen LogP contribution in [-0.2, 0) is 0 Å². The molecular weight excluding hydrogens is 338 g/mol. The minimum absolute atomic E-state index is 0.270. The van der Waals surface area contributed by atoms with Crippen molar-refractivity contribution in [1.29, 1.82) is 0 Å². The SMILES string of the molecule is O=C(c1c(F)ccc([N+](=O)[O-])c1F)N1CCC(Br)CC1. The molecule has 0 spiro atoms. The van der Waals surface area contributed by atoms with Gasteiger partial charge in [-0.3, -0.25) is 14.9 Å². The summed E-state index contributed by atoms with van der Waals surface area (Å²) in [4.78, 5) is 23.4. The Bertz CT molecular complexity index is 560. The van der Waals surface area contributed by atoms with E-state index in [2.05, 4.69) is 15.9 Å². The number of amides is 1. The lowest BCUT2D eigenvalue weighted by atomic mass is 10.1. The van der Waals surface area contributed by atoms with Gasteiger partial charge in [-0.15, -0.1) is 0 Å². The molecule has 1 aromatic carbocycles. The van der Waals surface area contributed by atoms with E-state index in [0.29, 0.717) is 32.0 Å². The van der Waals surface area contributed by atoms with Gasteiger partial charge in [0, 0.05) is 24.0 Å². The number of hydrogen-bond acceptors (Lipinski definition) is 3. The summed E-state index contributed by atoms with van der Waals surface area (Å²) in [6, 6.07) is 1.46. The zero-order valence-corrected chi connectivity index (χ0v) is 11.9. The Morgan fingerprint density at radius 1 is 1.35 bits per heavy atom. The Morgan fingerprint density at radius 2 is 1.95 bits per heavy atom. The molecule has 0 radical (unpaired) electrons. The molecule has 0 unspecified atom stereocenters. The van der Waals surface area contributed by atoms with Crippen molar-refractivity contribution in [2.24, 2.45) is 0 Å². The largest absolute Gasteiger partial charge is 0.338 e. The molecule has 2 rings (SSSR count). The first-order valence-electron chi connectivity index (χ1n) is 5.97. The first-order valence-corrected chi connectivity index (χ1v) is 6.89. The second-order valence-electron chi connectivity index (χ2n) is 4.48. The smallest absolute Gasteiger partial charge is 0.305 e. The van der Waals surface area contributed by atoms with Crippen LogP contribution in [0.3, 0.4) is 0 Å². The number of nitro benzene ring substituents is 1. The monoisotopic (exact) mass is 348 g/mol. The second kappa shape index (κ2) is 5.82. The van der Waals surface area contributed by atoms with E-state index in [-0.39, 0.29) is 4.83 Å². The number of halogens is 3. The fraction of sp³-hybridized carbons (Fsp3) is 0.417. The lowest BCUT2D eigenvalue weighted by Gasteiger charge is -2.29. The van der Waals surface area contributed by atoms with Gasteiger partial charge >= 0.3 is 5.69 Å². The molecule has 0 atom stereocenters. The molecule has 8 heteroatoms. The zero-order chi connectivity index (χ0) is 14.9. The van der Waals surface area contributed by atoms with Gasteiger partial charge in [-0.1, -0.05) is 15.9 Å². The molecule has 1 aliphatic rings. The molecule has 1 aromatic rings. The topological polar surface area (TPSA) is 63.4 Å². The number of hydrogen-bond donors (Lipinski definition) is 0. The number of nitrogens with zero attached hydrogens (tertiary/aromatic N) is 2. The summed E-state index contributed by atoms with van der Waals surface area (Å²) in [6.07, 6.45) is 1.34. The van der Waals surface area contributed by atoms with Crippen molar-refractivity contribution in [3.05, 3.63) is 39.4 Å². The Labute approximate surface area is 121 Å². The molecule has 5 nitrogen and oxygen atoms in total. The molecule has 108 valence electrons. The Balaban J connectivity index is 2.34. The molecule has 1 aliphatic heterocycles. The van der Waals surface area contributed by atoms with Crippen molar-refractivity contribution >= 4 is 27.5 Å². The maximum Gasteiger partial charge on any atom is 0.305 e. The molecular formula is C12H11BrF2N2O3. The van der Waals surface area contributed by atoms with Crippen LogP contribution in [0.4, 0.5) is 14.5 Å². The number of carbonyl (C=O) groups excluding carboxylic acids is 1. The fourth-order valence-corrected chi connectivity index (χ4v) is 2.50. The van der Waals surface area contributed by atoms with E-state index < -0.39 is 33.7 Å². The van der Waals surface area contributed by atoms with E-state index in [0.717, 1.165) is 6.07 Å². The van der Waals surface area contributed by atoms with E-state index in [1.54, 1.807) is 0 Å². The predicted molar refractivity (Wildman–Crippen MR) is 70.9 cm³/mol. The van der Waals surface area contributed by atoms with Crippen molar-refractivity contribution in [3.8, 4) is 0 Å². The normalized spacial score (nSPS) is 16.2. The third kappa shape index (κ3) is 2.79. The Hall–Kier alpha value is -1.57. The van der Waals surface area contributed by atoms with Gasteiger partial charge in [-0.2, -0.15) is 4.39 Å². The highest BCUT2D eigenvalue weighted by Crippen LogP contribution is 2.26. The number of alkyl halides is 1. The van der Waals surface area contributed by atoms with Gasteiger partial charge < -0.3 is 4.90 Å². The molecule has 1 saturated heterocycles. The lowest BCUT2D eigenvalue weighted by Crippen LogP contribution is -2.39. The summed E-state index contributed by atoms with van der Waals surface area (Å²) in [7, 11) is 0. The quantitative estimate of drug-likeness (QED) is 0.469. The summed E-state index contributed by atoms with van der Waals surface area (Å²) in [5, 5.41) is 10.6. The number of rotatable bonds is 2. The van der Waals surface area contributed by atoms with Gasteiger partial charge in [0.25, 0.3) is 5.91 Å². The number of benzene rings is 1. The minimum Gasteiger partial charge on any atom is -0.338 e. The minimum atomic E-state index is -1.42. The number of nitro groups is 1. The number of likely N-dealkylation sites (tertiary alicyclic amines) is 1. The summed E-state index contributed by atoms with van der Waals surface area (Å²) in [6.45, 7) is 0.715. The molecule has 1 fully saturated rings. The van der Waals surface area contributed by atoms with Gasteiger partial charge in [0.2, 0.25) is 5.82 Å². The van der Waals surface area contributed by atoms with Crippen LogP contribution in [0.1, 0.15) is 23.2 Å². The highest BCUT2D eigenvalue weighted by atomic mass is 79.9. The third-order valence-corrected chi connectivity index (χ3v) is 4.11. The average molecular weight is 349 g/mol. The number of piperidine rings is 1. The van der Waals surface area contributed by atoms with Crippen molar-refractivity contribution in [3.63, 3.8) is 0 Å². The van der Waals surface area contributed by atoms with Crippen LogP contribution >= 0.6 is 15.9 Å². The van der Waals surface area contributed by atoms with Gasteiger partial charge in [-0.25, -0.2) is 4.39 Å². The van der Waals surface area contributed by atoms with E-state index in [9.17, 15) is 23.7 Å². The van der Waals surface area contributed by atoms with Gasteiger partial charge in [-0.05, 0) is 18.9 Å². The second-order valence-corrected chi connectivity index (χ2v) is 5.77. The van der Waals surface area contributed by atoms with Crippen LogP contribution in [0.2, 0.25) is 0 Å². The van der Waals surface area contributed by atoms with Crippen LogP contribution < -0.4 is 0 Å². The Kier molecular flexibility index (Phi) is 4.32. The fourth-order valence-electron chi connectivity index (χ4n) is 2.09. The van der Waals surface area contributed by atoms with Crippen molar-refractivity contribution in [1.82, 2.24) is 4.90 Å². The van der Waals surface area contributed by atoms with E-state index >= 15 is 0 Å². The zero-order valence-electron chi connectivity index (χ0n) is 10.3. The van der Waals surface area contributed by atoms with Gasteiger partial charge in [0.05, 0.1) is 4.92 Å². The Morgan fingerprint density at radius 3 is 2.50 bits per heavy atom. The van der Waals surface area contributed by atoms with Crippen molar-refractivity contribution < 1.29 is 18.5 Å². The summed E-state index contributed by atoms with van der Waals surface area (Å²) in [5.41, 5.74) is -1.75. The lowest BCUT2D eigenvalue weighted by molar-refractivity contribution is -0.387. The van der Waals surface area contributed by atoms with E-state index in [4.69, 9.17) is 0 Å². The molecule has 20 heavy (non-hydrogen) atoms. The molecule has 0 aromatic heterocycles. The molecule has 1 amide bonds. The van der Waals surface area contributed by atoms with Gasteiger partial charge in [0.15, 0.2) is 0 Å². The first-order chi connectivity index (χ1) is 9.41. The van der Waals surface area contributed by atoms with Crippen LogP contribution in [0.5, 0.6) is 0 Å². The third-order valence-electron chi connectivity index (χ3n) is 3.19. The first kappa shape index (κ1) is 14.8. The summed E-state index contributed by atoms with van der Waals surface area (Å²) >= 11 is 3.41. The van der Waals surface area contributed by atoms with Crippen LogP contribution in [0, 0.1) is 21.7 Å². The van der Waals surface area contributed by atoms with E-state index in [1.165, 1.54) is 4.90 Å². The summed E-state index contributed by atoms with van der Waals surface area (Å²) in [5.74, 6) is -3.34. The van der Waals surface area contributed by atoms with Crippen LogP contribution in [0.25, 0.3) is 0 Å². The molecule has 0 saturated carbocycles. The standard InChI is InChI=1S/C12H11BrF2N2O3/c13-7-3-5-16(6-4-7)12(18)10-8(14)1-2-9(11(10)15)17(19)20/h1-2,7H,3-6H2. The molecule has 0 aliphatic carbocycles. The van der Waals surface area contributed by atoms with Crippen molar-refractivity contribution in [2.75, 3.05) is 13.1 Å². The summed E-state index contributed by atoms with van der Waals surface area (Å²) < 4.78 is 27.6. The number of carbonyl (C=O) groups is 1. The van der Waals surface area contributed by atoms with Crippen molar-refractivity contribution in [2.45, 2.75) is 17.7 Å². The molecule has 0 bridgehead atoms. The van der Waals surface area contributed by atoms with Gasteiger partial charge in [0.1, 0.15) is 11.4 Å². The maximum absolute atomic E-state index is 13.9. The average Bonchev–Trinajstić information content (AvgIpc) is 2.38. The van der Waals surface area contributed by atoms with Crippen LogP contribution in [-0.4, -0.2) is 33.6 Å². The maximum atomic E-state index is 13.9. The van der Waals surface area contributed by atoms with Crippen LogP contribution in [0.15, 0.2) is 12.1 Å². The molecule has 1 heterocycles. The predicted octanol–water partition coefficient (Wildman–Crippen LogP) is 2.87. The molecule has 0 N–H and O–H groups in total. The highest BCUT2D eigenvalue weighted by Gasteiger charge is 2.30. The van der Waals surface area contributed by atoms with E-state index in [1.807, 2.05) is 0 Å².